The lowest BCUT2D eigenvalue weighted by Gasteiger charge is -2.34. The quantitative estimate of drug-likeness (QED) is 0.852. The van der Waals surface area contributed by atoms with Gasteiger partial charge in [0, 0.05) is 51.4 Å². The monoisotopic (exact) mass is 378 g/mol. The molecule has 1 aliphatic heterocycles. The van der Waals surface area contributed by atoms with Gasteiger partial charge in [-0.2, -0.15) is 0 Å². The van der Waals surface area contributed by atoms with Crippen molar-refractivity contribution in [2.45, 2.75) is 6.92 Å². The molecule has 9 heteroatoms. The molecule has 27 heavy (non-hydrogen) atoms. The van der Waals surface area contributed by atoms with Crippen LogP contribution in [0.3, 0.4) is 0 Å². The number of aromatic nitrogens is 1. The van der Waals surface area contributed by atoms with Gasteiger partial charge in [0.1, 0.15) is 17.4 Å². The van der Waals surface area contributed by atoms with Crippen molar-refractivity contribution in [1.29, 1.82) is 0 Å². The van der Waals surface area contributed by atoms with Gasteiger partial charge in [0.25, 0.3) is 11.8 Å². The Morgan fingerprint density at radius 1 is 1.19 bits per heavy atom. The van der Waals surface area contributed by atoms with E-state index in [1.54, 1.807) is 17.9 Å². The molecular weight excluding hydrogens is 358 g/mol. The first-order valence-electron chi connectivity index (χ1n) is 8.62. The van der Waals surface area contributed by atoms with Crippen LogP contribution in [0.15, 0.2) is 28.8 Å². The molecule has 1 fully saturated rings. The number of carbonyl (C=O) groups is 2. The maximum Gasteiger partial charge on any atom is 0.276 e. The van der Waals surface area contributed by atoms with Crippen LogP contribution in [0.5, 0.6) is 0 Å². The van der Waals surface area contributed by atoms with Gasteiger partial charge in [-0.05, 0) is 19.1 Å². The summed E-state index contributed by atoms with van der Waals surface area (Å²) >= 11 is 0. The predicted octanol–water partition coefficient (Wildman–Crippen LogP) is 1.45. The normalized spacial score (nSPS) is 15.0. The lowest BCUT2D eigenvalue weighted by Crippen LogP contribution is -2.50. The number of hydrogen-bond donors (Lipinski definition) is 1. The van der Waals surface area contributed by atoms with Gasteiger partial charge >= 0.3 is 0 Å². The molecule has 1 aliphatic rings. The maximum atomic E-state index is 13.6. The zero-order valence-corrected chi connectivity index (χ0v) is 14.9. The second kappa shape index (κ2) is 8.26. The average molecular weight is 378 g/mol. The topological polar surface area (TPSA) is 78.7 Å². The molecule has 0 atom stereocenters. The second-order valence-electron chi connectivity index (χ2n) is 6.34. The van der Waals surface area contributed by atoms with Gasteiger partial charge in [0.15, 0.2) is 5.69 Å². The van der Waals surface area contributed by atoms with Gasteiger partial charge in [0.05, 0.1) is 5.56 Å². The molecule has 2 heterocycles. The molecule has 1 aromatic heterocycles. The summed E-state index contributed by atoms with van der Waals surface area (Å²) in [6.45, 7) is 5.03. The molecule has 7 nitrogen and oxygen atoms in total. The first-order chi connectivity index (χ1) is 12.9. The van der Waals surface area contributed by atoms with Crippen LogP contribution in [-0.2, 0) is 0 Å². The van der Waals surface area contributed by atoms with Crippen LogP contribution in [-0.4, -0.2) is 66.0 Å². The Morgan fingerprint density at radius 2 is 1.93 bits per heavy atom. The van der Waals surface area contributed by atoms with Crippen LogP contribution in [0.1, 0.15) is 26.6 Å². The van der Waals surface area contributed by atoms with E-state index in [9.17, 15) is 18.4 Å². The van der Waals surface area contributed by atoms with Crippen LogP contribution in [0, 0.1) is 18.6 Å². The molecule has 2 amide bonds. The van der Waals surface area contributed by atoms with Gasteiger partial charge in [-0.15, -0.1) is 0 Å². The zero-order valence-electron chi connectivity index (χ0n) is 14.9. The predicted molar refractivity (Wildman–Crippen MR) is 92.3 cm³/mol. The van der Waals surface area contributed by atoms with E-state index in [1.807, 2.05) is 0 Å². The molecule has 1 saturated heterocycles. The van der Waals surface area contributed by atoms with Crippen LogP contribution in [0.2, 0.25) is 0 Å². The molecule has 0 bridgehead atoms. The van der Waals surface area contributed by atoms with Gasteiger partial charge in [-0.25, -0.2) is 8.78 Å². The summed E-state index contributed by atoms with van der Waals surface area (Å²) in [5.74, 6) is -1.76. The van der Waals surface area contributed by atoms with Gasteiger partial charge in [0.2, 0.25) is 0 Å². The highest BCUT2D eigenvalue weighted by Gasteiger charge is 2.24. The summed E-state index contributed by atoms with van der Waals surface area (Å²) in [6, 6.07) is 4.46. The summed E-state index contributed by atoms with van der Waals surface area (Å²) in [5.41, 5.74) is 0.115. The summed E-state index contributed by atoms with van der Waals surface area (Å²) in [6.07, 6.45) is 0. The fourth-order valence-corrected chi connectivity index (χ4v) is 2.90. The largest absolute Gasteiger partial charge is 0.361 e. The number of carbonyl (C=O) groups excluding carboxylic acids is 2. The fourth-order valence-electron chi connectivity index (χ4n) is 2.90. The lowest BCUT2D eigenvalue weighted by atomic mass is 10.2. The molecule has 0 unspecified atom stereocenters. The summed E-state index contributed by atoms with van der Waals surface area (Å²) < 4.78 is 31.4. The Morgan fingerprint density at radius 3 is 2.56 bits per heavy atom. The van der Waals surface area contributed by atoms with Crippen molar-refractivity contribution in [1.82, 2.24) is 20.3 Å². The first kappa shape index (κ1) is 19.0. The Hall–Kier alpha value is -2.81. The van der Waals surface area contributed by atoms with E-state index in [1.165, 1.54) is 0 Å². The number of benzene rings is 1. The Labute approximate surface area is 154 Å². The van der Waals surface area contributed by atoms with Crippen LogP contribution < -0.4 is 5.32 Å². The second-order valence-corrected chi connectivity index (χ2v) is 6.34. The van der Waals surface area contributed by atoms with Gasteiger partial charge in [-0.1, -0.05) is 5.16 Å². The summed E-state index contributed by atoms with van der Waals surface area (Å²) in [5, 5.41) is 6.36. The van der Waals surface area contributed by atoms with Crippen LogP contribution in [0.25, 0.3) is 0 Å². The van der Waals surface area contributed by atoms with E-state index < -0.39 is 17.5 Å². The van der Waals surface area contributed by atoms with Gasteiger partial charge < -0.3 is 14.7 Å². The smallest absolute Gasteiger partial charge is 0.276 e. The van der Waals surface area contributed by atoms with Crippen molar-refractivity contribution in [2.75, 3.05) is 39.3 Å². The maximum absolute atomic E-state index is 13.6. The summed E-state index contributed by atoms with van der Waals surface area (Å²) in [4.78, 5) is 28.1. The molecule has 144 valence electrons. The van der Waals surface area contributed by atoms with Gasteiger partial charge in [-0.3, -0.25) is 14.5 Å². The van der Waals surface area contributed by atoms with E-state index in [-0.39, 0.29) is 11.5 Å². The van der Waals surface area contributed by atoms with Crippen LogP contribution in [0.4, 0.5) is 8.78 Å². The number of hydrogen-bond acceptors (Lipinski definition) is 5. The Bertz CT molecular complexity index is 832. The third-order valence-electron chi connectivity index (χ3n) is 4.40. The van der Waals surface area contributed by atoms with Crippen molar-refractivity contribution < 1.29 is 22.9 Å². The highest BCUT2D eigenvalue weighted by molar-refractivity contribution is 5.94. The molecule has 3 rings (SSSR count). The van der Waals surface area contributed by atoms with E-state index in [0.29, 0.717) is 56.8 Å². The van der Waals surface area contributed by atoms with Crippen molar-refractivity contribution in [2.24, 2.45) is 0 Å². The van der Waals surface area contributed by atoms with Crippen molar-refractivity contribution in [3.05, 3.63) is 52.9 Å². The Kier molecular flexibility index (Phi) is 5.80. The number of amides is 2. The number of aryl methyl sites for hydroxylation is 1. The van der Waals surface area contributed by atoms with E-state index in [2.05, 4.69) is 15.4 Å². The molecule has 0 saturated carbocycles. The summed E-state index contributed by atoms with van der Waals surface area (Å²) in [7, 11) is 0. The van der Waals surface area contributed by atoms with Crippen molar-refractivity contribution in [3.63, 3.8) is 0 Å². The SMILES string of the molecule is Cc1cc(C(=O)N2CCN(CCNC(=O)c3ccc(F)cc3F)CC2)no1. The molecule has 1 aromatic carbocycles. The van der Waals surface area contributed by atoms with Crippen molar-refractivity contribution >= 4 is 11.8 Å². The molecule has 0 spiro atoms. The van der Waals surface area contributed by atoms with E-state index in [0.717, 1.165) is 12.1 Å². The van der Waals surface area contributed by atoms with Crippen LogP contribution >= 0.6 is 0 Å². The average Bonchev–Trinajstić information content (AvgIpc) is 3.08. The van der Waals surface area contributed by atoms with E-state index in [4.69, 9.17) is 4.52 Å². The van der Waals surface area contributed by atoms with E-state index >= 15 is 0 Å². The standard InChI is InChI=1S/C18H20F2N4O3/c1-12-10-16(22-27-12)18(26)24-8-6-23(7-9-24)5-4-21-17(25)14-3-2-13(19)11-15(14)20/h2-3,10-11H,4-9H2,1H3,(H,21,25). The minimum atomic E-state index is -0.886. The molecule has 0 aliphatic carbocycles. The number of nitrogens with zero attached hydrogens (tertiary/aromatic N) is 3. The number of halogens is 2. The fraction of sp³-hybridized carbons (Fsp3) is 0.389. The minimum Gasteiger partial charge on any atom is -0.361 e. The minimum absolute atomic E-state index is 0.161. The number of piperazine rings is 1. The first-order valence-corrected chi connectivity index (χ1v) is 8.62. The van der Waals surface area contributed by atoms with Crippen molar-refractivity contribution in [3.8, 4) is 0 Å². The molecule has 1 N–H and O–H groups in total. The Balaban J connectivity index is 1.42. The number of rotatable bonds is 5. The highest BCUT2D eigenvalue weighted by Crippen LogP contribution is 2.10. The lowest BCUT2D eigenvalue weighted by molar-refractivity contribution is 0.0628. The third-order valence-corrected chi connectivity index (χ3v) is 4.40. The highest BCUT2D eigenvalue weighted by atomic mass is 19.1. The third kappa shape index (κ3) is 4.68. The number of nitrogens with one attached hydrogen (secondary N) is 1. The molecule has 0 radical (unpaired) electrons. The molecular formula is C18H20F2N4O3. The molecule has 2 aromatic rings. The zero-order chi connectivity index (χ0) is 19.4.